The Balaban J connectivity index is 2.02. The maximum absolute atomic E-state index is 13.4. The average Bonchev–Trinajstić information content (AvgIpc) is 2.77. The quantitative estimate of drug-likeness (QED) is 0.884. The molecule has 0 aliphatic heterocycles. The van der Waals surface area contributed by atoms with Crippen molar-refractivity contribution >= 4 is 5.69 Å². The average molecular weight is 251 g/mol. The zero-order valence-corrected chi connectivity index (χ0v) is 10.2. The number of nitrogens with one attached hydrogen (secondary N) is 1. The number of aryl methyl sites for hydroxylation is 1. The van der Waals surface area contributed by atoms with Crippen LogP contribution in [-0.2, 0) is 13.1 Å². The number of anilines is 1. The fourth-order valence-electron chi connectivity index (χ4n) is 1.71. The van der Waals surface area contributed by atoms with Crippen LogP contribution in [0, 0.1) is 11.6 Å². The summed E-state index contributed by atoms with van der Waals surface area (Å²) in [4.78, 5) is 0. The molecule has 0 aliphatic carbocycles. The third-order valence-electron chi connectivity index (χ3n) is 2.57. The molecular weight excluding hydrogens is 236 g/mol. The SMILES string of the molecule is CCCn1cc(CNc2c(F)cccc2F)cn1. The first-order valence-corrected chi connectivity index (χ1v) is 5.90. The van der Waals surface area contributed by atoms with Gasteiger partial charge in [0.15, 0.2) is 0 Å². The van der Waals surface area contributed by atoms with Crippen molar-refractivity contribution in [1.29, 1.82) is 0 Å². The Bertz CT molecular complexity index is 502. The van der Waals surface area contributed by atoms with Gasteiger partial charge in [-0.05, 0) is 18.6 Å². The number of aromatic nitrogens is 2. The normalized spacial score (nSPS) is 10.6. The number of hydrogen-bond donors (Lipinski definition) is 1. The van der Waals surface area contributed by atoms with E-state index in [0.717, 1.165) is 18.5 Å². The Morgan fingerprint density at radius 2 is 2.00 bits per heavy atom. The highest BCUT2D eigenvalue weighted by Crippen LogP contribution is 2.18. The topological polar surface area (TPSA) is 29.9 Å². The van der Waals surface area contributed by atoms with Crippen molar-refractivity contribution < 1.29 is 8.78 Å². The minimum atomic E-state index is -0.587. The second-order valence-corrected chi connectivity index (χ2v) is 4.06. The van der Waals surface area contributed by atoms with Crippen LogP contribution in [0.5, 0.6) is 0 Å². The molecule has 18 heavy (non-hydrogen) atoms. The van der Waals surface area contributed by atoms with Crippen molar-refractivity contribution in [3.05, 3.63) is 47.8 Å². The van der Waals surface area contributed by atoms with Crippen molar-refractivity contribution in [2.24, 2.45) is 0 Å². The van der Waals surface area contributed by atoms with Gasteiger partial charge in [0, 0.05) is 24.8 Å². The molecule has 0 saturated heterocycles. The van der Waals surface area contributed by atoms with Crippen molar-refractivity contribution in [3.8, 4) is 0 Å². The Morgan fingerprint density at radius 1 is 1.28 bits per heavy atom. The summed E-state index contributed by atoms with van der Waals surface area (Å²) in [6, 6.07) is 3.80. The summed E-state index contributed by atoms with van der Waals surface area (Å²) in [6.07, 6.45) is 4.56. The summed E-state index contributed by atoms with van der Waals surface area (Å²) in [6.45, 7) is 3.25. The monoisotopic (exact) mass is 251 g/mol. The van der Waals surface area contributed by atoms with Crippen molar-refractivity contribution in [2.45, 2.75) is 26.4 Å². The lowest BCUT2D eigenvalue weighted by molar-refractivity contribution is 0.588. The van der Waals surface area contributed by atoms with Crippen molar-refractivity contribution in [2.75, 3.05) is 5.32 Å². The van der Waals surface area contributed by atoms with E-state index in [-0.39, 0.29) is 5.69 Å². The molecule has 1 N–H and O–H groups in total. The predicted molar refractivity (Wildman–Crippen MR) is 66.2 cm³/mol. The van der Waals surface area contributed by atoms with Crippen LogP contribution in [0.4, 0.5) is 14.5 Å². The van der Waals surface area contributed by atoms with Gasteiger partial charge in [-0.25, -0.2) is 8.78 Å². The van der Waals surface area contributed by atoms with Gasteiger partial charge in [0.2, 0.25) is 0 Å². The summed E-state index contributed by atoms with van der Waals surface area (Å²) in [5.74, 6) is -1.17. The molecule has 0 radical (unpaired) electrons. The number of para-hydroxylation sites is 1. The second kappa shape index (κ2) is 5.62. The fourth-order valence-corrected chi connectivity index (χ4v) is 1.71. The fraction of sp³-hybridized carbons (Fsp3) is 0.308. The van der Waals surface area contributed by atoms with Gasteiger partial charge < -0.3 is 5.32 Å². The molecule has 1 heterocycles. The zero-order valence-electron chi connectivity index (χ0n) is 10.2. The van der Waals surface area contributed by atoms with E-state index in [1.54, 1.807) is 6.20 Å². The van der Waals surface area contributed by atoms with Gasteiger partial charge in [-0.3, -0.25) is 4.68 Å². The lowest BCUT2D eigenvalue weighted by Gasteiger charge is -2.06. The van der Waals surface area contributed by atoms with E-state index in [1.807, 2.05) is 10.9 Å². The number of hydrogen-bond acceptors (Lipinski definition) is 2. The molecule has 0 atom stereocenters. The minimum absolute atomic E-state index is 0.0965. The Kier molecular flexibility index (Phi) is 3.92. The Labute approximate surface area is 104 Å². The van der Waals surface area contributed by atoms with Crippen LogP contribution in [0.3, 0.4) is 0 Å². The zero-order chi connectivity index (χ0) is 13.0. The molecule has 0 fully saturated rings. The number of rotatable bonds is 5. The number of benzene rings is 1. The third kappa shape index (κ3) is 2.85. The summed E-state index contributed by atoms with van der Waals surface area (Å²) < 4.78 is 28.5. The maximum atomic E-state index is 13.4. The van der Waals surface area contributed by atoms with Crippen LogP contribution in [0.15, 0.2) is 30.6 Å². The largest absolute Gasteiger partial charge is 0.376 e. The first-order valence-electron chi connectivity index (χ1n) is 5.90. The predicted octanol–water partition coefficient (Wildman–Crippen LogP) is 3.18. The molecule has 0 bridgehead atoms. The van der Waals surface area contributed by atoms with Gasteiger partial charge in [-0.2, -0.15) is 5.10 Å². The van der Waals surface area contributed by atoms with E-state index in [9.17, 15) is 8.78 Å². The Morgan fingerprint density at radius 3 is 2.67 bits per heavy atom. The molecule has 0 spiro atoms. The van der Waals surface area contributed by atoms with Crippen LogP contribution < -0.4 is 5.32 Å². The highest BCUT2D eigenvalue weighted by Gasteiger charge is 2.07. The molecule has 0 amide bonds. The van der Waals surface area contributed by atoms with Crippen LogP contribution in [0.1, 0.15) is 18.9 Å². The number of nitrogens with zero attached hydrogens (tertiary/aromatic N) is 2. The van der Waals surface area contributed by atoms with Crippen LogP contribution in [-0.4, -0.2) is 9.78 Å². The molecule has 0 saturated carbocycles. The van der Waals surface area contributed by atoms with Crippen LogP contribution >= 0.6 is 0 Å². The molecule has 1 aromatic heterocycles. The molecular formula is C13H15F2N3. The first kappa shape index (κ1) is 12.5. The summed E-state index contributed by atoms with van der Waals surface area (Å²) in [5, 5.41) is 6.90. The van der Waals surface area contributed by atoms with E-state index < -0.39 is 11.6 Å². The lowest BCUT2D eigenvalue weighted by atomic mass is 10.2. The molecule has 2 aromatic rings. The molecule has 5 heteroatoms. The van der Waals surface area contributed by atoms with E-state index in [2.05, 4.69) is 17.3 Å². The molecule has 0 unspecified atom stereocenters. The van der Waals surface area contributed by atoms with Crippen LogP contribution in [0.2, 0.25) is 0 Å². The smallest absolute Gasteiger partial charge is 0.149 e. The summed E-state index contributed by atoms with van der Waals surface area (Å²) in [5.41, 5.74) is 0.798. The van der Waals surface area contributed by atoms with E-state index >= 15 is 0 Å². The molecule has 0 aliphatic rings. The Hall–Kier alpha value is -1.91. The van der Waals surface area contributed by atoms with E-state index in [0.29, 0.717) is 6.54 Å². The molecule has 1 aromatic carbocycles. The first-order chi connectivity index (χ1) is 8.70. The van der Waals surface area contributed by atoms with Crippen molar-refractivity contribution in [3.63, 3.8) is 0 Å². The molecule has 96 valence electrons. The lowest BCUT2D eigenvalue weighted by Crippen LogP contribution is -2.03. The minimum Gasteiger partial charge on any atom is -0.376 e. The highest BCUT2D eigenvalue weighted by molar-refractivity contribution is 5.46. The standard InChI is InChI=1S/C13H15F2N3/c1-2-6-18-9-10(8-17-18)7-16-13-11(14)4-3-5-12(13)15/h3-5,8-9,16H,2,6-7H2,1H3. The number of halogens is 2. The van der Waals surface area contributed by atoms with Gasteiger partial charge in [-0.15, -0.1) is 0 Å². The van der Waals surface area contributed by atoms with Gasteiger partial charge >= 0.3 is 0 Å². The summed E-state index contributed by atoms with van der Waals surface area (Å²) >= 11 is 0. The second-order valence-electron chi connectivity index (χ2n) is 4.06. The van der Waals surface area contributed by atoms with Gasteiger partial charge in [0.25, 0.3) is 0 Å². The van der Waals surface area contributed by atoms with Crippen molar-refractivity contribution in [1.82, 2.24) is 9.78 Å². The molecule has 3 nitrogen and oxygen atoms in total. The van der Waals surface area contributed by atoms with E-state index in [1.165, 1.54) is 18.2 Å². The third-order valence-corrected chi connectivity index (χ3v) is 2.57. The highest BCUT2D eigenvalue weighted by atomic mass is 19.1. The van der Waals surface area contributed by atoms with Gasteiger partial charge in [0.1, 0.15) is 17.3 Å². The van der Waals surface area contributed by atoms with Gasteiger partial charge in [-0.1, -0.05) is 13.0 Å². The molecule has 2 rings (SSSR count). The van der Waals surface area contributed by atoms with Crippen LogP contribution in [0.25, 0.3) is 0 Å². The van der Waals surface area contributed by atoms with E-state index in [4.69, 9.17) is 0 Å². The summed E-state index contributed by atoms with van der Waals surface area (Å²) in [7, 11) is 0. The maximum Gasteiger partial charge on any atom is 0.149 e. The van der Waals surface area contributed by atoms with Gasteiger partial charge in [0.05, 0.1) is 6.20 Å².